The van der Waals surface area contributed by atoms with Gasteiger partial charge in [-0.1, -0.05) is 24.9 Å². The fourth-order valence-corrected chi connectivity index (χ4v) is 3.40. The van der Waals surface area contributed by atoms with E-state index in [9.17, 15) is 4.79 Å². The van der Waals surface area contributed by atoms with Crippen LogP contribution in [0.3, 0.4) is 0 Å². The Balaban J connectivity index is 0.00000338. The van der Waals surface area contributed by atoms with Crippen LogP contribution < -0.4 is 14.8 Å². The van der Waals surface area contributed by atoms with Gasteiger partial charge in [-0.2, -0.15) is 0 Å². The first-order valence-corrected chi connectivity index (χ1v) is 9.54. The number of nitrogens with one attached hydrogen (secondary N) is 1. The van der Waals surface area contributed by atoms with Crippen molar-refractivity contribution in [2.75, 3.05) is 33.4 Å². The largest absolute Gasteiger partial charge is 0.490 e. The molecule has 1 atom stereocenters. The summed E-state index contributed by atoms with van der Waals surface area (Å²) in [4.78, 5) is 14.9. The van der Waals surface area contributed by atoms with Gasteiger partial charge in [-0.25, -0.2) is 0 Å². The topological polar surface area (TPSA) is 50.8 Å². The highest BCUT2D eigenvalue weighted by molar-refractivity contribution is 6.32. The molecule has 26 heavy (non-hydrogen) atoms. The van der Waals surface area contributed by atoms with E-state index in [1.165, 1.54) is 0 Å². The van der Waals surface area contributed by atoms with Crippen molar-refractivity contribution >= 4 is 29.9 Å². The number of halogens is 2. The third-order valence-electron chi connectivity index (χ3n) is 4.38. The molecular formula is C19H30Cl2N2O3. The molecule has 1 aromatic carbocycles. The van der Waals surface area contributed by atoms with Crippen molar-refractivity contribution in [3.63, 3.8) is 0 Å². The van der Waals surface area contributed by atoms with Gasteiger partial charge < -0.3 is 19.7 Å². The molecule has 5 nitrogen and oxygen atoms in total. The standard InChI is InChI=1S/C19H29ClN2O3.ClH/c1-4-6-10-25-18-16(20)11-14(12-17(18)24-5-2)19(23)22-9-7-8-15(22)13-21-3;/h11-12,15,21H,4-10,13H2,1-3H3;1H. The lowest BCUT2D eigenvalue weighted by molar-refractivity contribution is 0.0736. The molecule has 0 aromatic heterocycles. The van der Waals surface area contributed by atoms with Crippen LogP contribution in [0.5, 0.6) is 11.5 Å². The second-order valence-corrected chi connectivity index (χ2v) is 6.68. The van der Waals surface area contributed by atoms with E-state index in [0.29, 0.717) is 35.3 Å². The Hall–Kier alpha value is -1.17. The van der Waals surface area contributed by atoms with E-state index in [1.54, 1.807) is 12.1 Å². The molecular weight excluding hydrogens is 375 g/mol. The van der Waals surface area contributed by atoms with E-state index >= 15 is 0 Å². The molecule has 7 heteroatoms. The fourth-order valence-electron chi connectivity index (χ4n) is 3.13. The molecule has 1 aliphatic heterocycles. The zero-order chi connectivity index (χ0) is 18.2. The van der Waals surface area contributed by atoms with E-state index in [4.69, 9.17) is 21.1 Å². The highest BCUT2D eigenvalue weighted by Crippen LogP contribution is 2.37. The molecule has 1 saturated heterocycles. The Morgan fingerprint density at radius 1 is 1.35 bits per heavy atom. The van der Waals surface area contributed by atoms with Crippen LogP contribution in [0.4, 0.5) is 0 Å². The van der Waals surface area contributed by atoms with Gasteiger partial charge in [-0.3, -0.25) is 4.79 Å². The Labute approximate surface area is 167 Å². The van der Waals surface area contributed by atoms with Crippen LogP contribution in [-0.4, -0.2) is 50.2 Å². The minimum atomic E-state index is 0. The van der Waals surface area contributed by atoms with Crippen LogP contribution in [0.25, 0.3) is 0 Å². The number of benzene rings is 1. The maximum atomic E-state index is 13.0. The van der Waals surface area contributed by atoms with Crippen molar-refractivity contribution in [2.24, 2.45) is 0 Å². The van der Waals surface area contributed by atoms with Gasteiger partial charge in [0.2, 0.25) is 0 Å². The summed E-state index contributed by atoms with van der Waals surface area (Å²) in [6.07, 6.45) is 4.04. The number of likely N-dealkylation sites (N-methyl/N-ethyl adjacent to an activating group) is 1. The quantitative estimate of drug-likeness (QED) is 0.627. The monoisotopic (exact) mass is 404 g/mol. The Morgan fingerprint density at radius 2 is 2.12 bits per heavy atom. The molecule has 1 N–H and O–H groups in total. The molecule has 148 valence electrons. The van der Waals surface area contributed by atoms with Crippen LogP contribution >= 0.6 is 24.0 Å². The molecule has 0 aliphatic carbocycles. The van der Waals surface area contributed by atoms with Crippen LogP contribution in [0.15, 0.2) is 12.1 Å². The summed E-state index contributed by atoms with van der Waals surface area (Å²) in [6.45, 7) is 6.66. The summed E-state index contributed by atoms with van der Waals surface area (Å²) in [6, 6.07) is 3.68. The normalized spacial score (nSPS) is 16.3. The maximum absolute atomic E-state index is 13.0. The average Bonchev–Trinajstić information content (AvgIpc) is 3.05. The van der Waals surface area contributed by atoms with Crippen LogP contribution in [0.1, 0.15) is 49.9 Å². The van der Waals surface area contributed by atoms with Crippen molar-refractivity contribution in [1.82, 2.24) is 10.2 Å². The number of ether oxygens (including phenoxy) is 2. The summed E-state index contributed by atoms with van der Waals surface area (Å²) in [5, 5.41) is 3.59. The van der Waals surface area contributed by atoms with Gasteiger partial charge in [0.15, 0.2) is 11.5 Å². The molecule has 0 saturated carbocycles. The minimum absolute atomic E-state index is 0. The van der Waals surface area contributed by atoms with Crippen molar-refractivity contribution in [3.8, 4) is 11.5 Å². The molecule has 1 heterocycles. The Morgan fingerprint density at radius 3 is 2.77 bits per heavy atom. The van der Waals surface area contributed by atoms with Gasteiger partial charge in [0.25, 0.3) is 5.91 Å². The van der Waals surface area contributed by atoms with E-state index in [0.717, 1.165) is 38.8 Å². The second kappa shape index (κ2) is 11.5. The summed E-state index contributed by atoms with van der Waals surface area (Å²) >= 11 is 6.41. The van der Waals surface area contributed by atoms with Crippen LogP contribution in [0.2, 0.25) is 5.02 Å². The Kier molecular flexibility index (Phi) is 10.1. The first-order chi connectivity index (χ1) is 12.1. The van der Waals surface area contributed by atoms with Gasteiger partial charge in [0, 0.05) is 24.7 Å². The number of carbonyl (C=O) groups excluding carboxylic acids is 1. The van der Waals surface area contributed by atoms with Crippen molar-refractivity contribution in [3.05, 3.63) is 22.7 Å². The number of nitrogens with zero attached hydrogens (tertiary/aromatic N) is 1. The van der Waals surface area contributed by atoms with Gasteiger partial charge in [0.05, 0.1) is 18.2 Å². The summed E-state index contributed by atoms with van der Waals surface area (Å²) in [5.74, 6) is 1.07. The zero-order valence-corrected chi connectivity index (χ0v) is 17.4. The minimum Gasteiger partial charge on any atom is -0.490 e. The molecule has 0 spiro atoms. The van der Waals surface area contributed by atoms with E-state index in [-0.39, 0.29) is 24.4 Å². The number of hydrogen-bond donors (Lipinski definition) is 1. The molecule has 1 aliphatic rings. The highest BCUT2D eigenvalue weighted by Gasteiger charge is 2.30. The predicted molar refractivity (Wildman–Crippen MR) is 108 cm³/mol. The number of rotatable bonds is 9. The lowest BCUT2D eigenvalue weighted by Gasteiger charge is -2.25. The highest BCUT2D eigenvalue weighted by atomic mass is 35.5. The van der Waals surface area contributed by atoms with Crippen LogP contribution in [-0.2, 0) is 0 Å². The molecule has 0 bridgehead atoms. The number of unbranched alkanes of at least 4 members (excludes halogenated alkanes) is 1. The molecule has 1 amide bonds. The molecule has 1 unspecified atom stereocenters. The second-order valence-electron chi connectivity index (χ2n) is 6.27. The first-order valence-electron chi connectivity index (χ1n) is 9.17. The first kappa shape index (κ1) is 22.9. The van der Waals surface area contributed by atoms with Gasteiger partial charge in [-0.05, 0) is 45.4 Å². The molecule has 2 rings (SSSR count). The van der Waals surface area contributed by atoms with Crippen LogP contribution in [0, 0.1) is 0 Å². The third kappa shape index (κ3) is 5.66. The summed E-state index contributed by atoms with van der Waals surface area (Å²) in [7, 11) is 1.91. The Bertz CT molecular complexity index is 584. The van der Waals surface area contributed by atoms with Crippen molar-refractivity contribution < 1.29 is 14.3 Å². The summed E-state index contributed by atoms with van der Waals surface area (Å²) < 4.78 is 11.5. The van der Waals surface area contributed by atoms with Crippen molar-refractivity contribution in [2.45, 2.75) is 45.6 Å². The zero-order valence-electron chi connectivity index (χ0n) is 15.8. The third-order valence-corrected chi connectivity index (χ3v) is 4.66. The number of hydrogen-bond acceptors (Lipinski definition) is 4. The van der Waals surface area contributed by atoms with E-state index < -0.39 is 0 Å². The lowest BCUT2D eigenvalue weighted by atomic mass is 10.1. The fraction of sp³-hybridized carbons (Fsp3) is 0.632. The average molecular weight is 405 g/mol. The smallest absolute Gasteiger partial charge is 0.254 e. The van der Waals surface area contributed by atoms with E-state index in [2.05, 4.69) is 12.2 Å². The number of likely N-dealkylation sites (tertiary alicyclic amines) is 1. The van der Waals surface area contributed by atoms with Gasteiger partial charge in [0.1, 0.15) is 0 Å². The van der Waals surface area contributed by atoms with Crippen molar-refractivity contribution in [1.29, 1.82) is 0 Å². The predicted octanol–water partition coefficient (Wildman–Crippen LogP) is 4.16. The molecule has 1 aromatic rings. The maximum Gasteiger partial charge on any atom is 0.254 e. The lowest BCUT2D eigenvalue weighted by Crippen LogP contribution is -2.40. The SMILES string of the molecule is CCCCOc1c(Cl)cc(C(=O)N2CCCC2CNC)cc1OCC.Cl. The van der Waals surface area contributed by atoms with Gasteiger partial charge in [-0.15, -0.1) is 12.4 Å². The summed E-state index contributed by atoms with van der Waals surface area (Å²) in [5.41, 5.74) is 0.555. The van der Waals surface area contributed by atoms with Gasteiger partial charge >= 0.3 is 0 Å². The number of carbonyl (C=O) groups is 1. The number of amides is 1. The molecule has 1 fully saturated rings. The van der Waals surface area contributed by atoms with E-state index in [1.807, 2.05) is 18.9 Å². The molecule has 0 radical (unpaired) electrons.